The summed E-state index contributed by atoms with van der Waals surface area (Å²) in [4.78, 5) is 15.9. The molecule has 0 saturated carbocycles. The van der Waals surface area contributed by atoms with Crippen molar-refractivity contribution in [2.45, 2.75) is 12.8 Å². The molecule has 0 aliphatic carbocycles. The van der Waals surface area contributed by atoms with Gasteiger partial charge < -0.3 is 4.90 Å². The van der Waals surface area contributed by atoms with E-state index in [2.05, 4.69) is 14.6 Å². The van der Waals surface area contributed by atoms with Crippen molar-refractivity contribution in [3.8, 4) is 11.4 Å². The van der Waals surface area contributed by atoms with Gasteiger partial charge in [0.25, 0.3) is 0 Å². The second-order valence-corrected chi connectivity index (χ2v) is 9.03. The van der Waals surface area contributed by atoms with Gasteiger partial charge in [-0.1, -0.05) is 12.1 Å². The molecule has 0 unspecified atom stereocenters. The number of nitrogens with one attached hydrogen (secondary N) is 1. The van der Waals surface area contributed by atoms with Crippen LogP contribution < -0.4 is 9.62 Å². The van der Waals surface area contributed by atoms with Crippen molar-refractivity contribution in [3.05, 3.63) is 48.8 Å². The second-order valence-electron chi connectivity index (χ2n) is 7.20. The van der Waals surface area contributed by atoms with Crippen LogP contribution in [-0.2, 0) is 10.0 Å². The van der Waals surface area contributed by atoms with Gasteiger partial charge in [-0.2, -0.15) is 0 Å². The minimum Gasteiger partial charge on any atom is -0.356 e. The van der Waals surface area contributed by atoms with Gasteiger partial charge >= 0.3 is 0 Å². The van der Waals surface area contributed by atoms with Crippen LogP contribution in [0.15, 0.2) is 48.8 Å². The quantitative estimate of drug-likeness (QED) is 0.712. The van der Waals surface area contributed by atoms with Crippen LogP contribution in [0.3, 0.4) is 0 Å². The molecule has 28 heavy (non-hydrogen) atoms. The molecule has 0 bridgehead atoms. The highest BCUT2D eigenvalue weighted by Gasteiger charge is 2.24. The molecule has 1 N–H and O–H groups in total. The number of para-hydroxylation sites is 1. The minimum atomic E-state index is -3.18. The molecule has 7 nitrogen and oxygen atoms in total. The van der Waals surface area contributed by atoms with Crippen molar-refractivity contribution < 1.29 is 8.42 Å². The second kappa shape index (κ2) is 7.81. The Hall–Kier alpha value is -2.58. The Kier molecular flexibility index (Phi) is 5.23. The summed E-state index contributed by atoms with van der Waals surface area (Å²) >= 11 is 0. The molecule has 1 saturated heterocycles. The highest BCUT2D eigenvalue weighted by molar-refractivity contribution is 7.88. The third-order valence-corrected chi connectivity index (χ3v) is 5.67. The Morgan fingerprint density at radius 2 is 1.93 bits per heavy atom. The van der Waals surface area contributed by atoms with Crippen molar-refractivity contribution in [2.75, 3.05) is 30.8 Å². The number of sulfonamides is 1. The van der Waals surface area contributed by atoms with Crippen LogP contribution in [0, 0.1) is 5.92 Å². The first-order chi connectivity index (χ1) is 13.5. The molecule has 1 fully saturated rings. The van der Waals surface area contributed by atoms with Crippen molar-refractivity contribution >= 4 is 26.7 Å². The lowest BCUT2D eigenvalue weighted by molar-refractivity contribution is 0.410. The molecule has 0 spiro atoms. The zero-order valence-corrected chi connectivity index (χ0v) is 16.6. The largest absolute Gasteiger partial charge is 0.356 e. The van der Waals surface area contributed by atoms with E-state index >= 15 is 0 Å². The minimum absolute atomic E-state index is 0.251. The van der Waals surface area contributed by atoms with Crippen LogP contribution in [-0.4, -0.2) is 49.3 Å². The van der Waals surface area contributed by atoms with Gasteiger partial charge in [0.05, 0.1) is 11.8 Å². The molecule has 1 aromatic carbocycles. The normalized spacial score (nSPS) is 17.8. The summed E-state index contributed by atoms with van der Waals surface area (Å²) < 4.78 is 25.5. The first kappa shape index (κ1) is 18.8. The number of pyridine rings is 1. The topological polar surface area (TPSA) is 88.1 Å². The molecule has 2 aromatic heterocycles. The van der Waals surface area contributed by atoms with Crippen LogP contribution in [0.25, 0.3) is 22.3 Å². The first-order valence-corrected chi connectivity index (χ1v) is 11.3. The van der Waals surface area contributed by atoms with Gasteiger partial charge in [0.15, 0.2) is 5.82 Å². The van der Waals surface area contributed by atoms with Crippen molar-refractivity contribution in [2.24, 2.45) is 5.92 Å². The third-order valence-electron chi connectivity index (χ3n) is 4.97. The number of aromatic nitrogens is 3. The van der Waals surface area contributed by atoms with E-state index in [-0.39, 0.29) is 5.92 Å². The number of piperidine rings is 1. The fourth-order valence-corrected chi connectivity index (χ4v) is 4.16. The van der Waals surface area contributed by atoms with E-state index in [1.807, 2.05) is 36.4 Å². The molecular weight excluding hydrogens is 374 g/mol. The fraction of sp³-hybridized carbons (Fsp3) is 0.350. The van der Waals surface area contributed by atoms with Gasteiger partial charge in [-0.3, -0.25) is 4.98 Å². The van der Waals surface area contributed by atoms with Crippen molar-refractivity contribution in [3.63, 3.8) is 0 Å². The number of anilines is 1. The maximum absolute atomic E-state index is 11.5. The monoisotopic (exact) mass is 397 g/mol. The molecule has 0 radical (unpaired) electrons. The van der Waals surface area contributed by atoms with E-state index in [9.17, 15) is 8.42 Å². The van der Waals surface area contributed by atoms with Gasteiger partial charge in [-0.15, -0.1) is 0 Å². The Balaban J connectivity index is 1.69. The first-order valence-electron chi connectivity index (χ1n) is 9.36. The maximum Gasteiger partial charge on any atom is 0.208 e. The molecule has 3 aromatic rings. The third kappa shape index (κ3) is 4.28. The zero-order chi connectivity index (χ0) is 19.6. The van der Waals surface area contributed by atoms with E-state index < -0.39 is 10.0 Å². The molecule has 1 atom stereocenters. The van der Waals surface area contributed by atoms with E-state index in [1.165, 1.54) is 6.26 Å². The molecular formula is C20H23N5O2S. The number of fused-ring (bicyclic) bond motifs is 1. The summed E-state index contributed by atoms with van der Waals surface area (Å²) in [5, 5.41) is 1.01. The Bertz CT molecular complexity index is 1070. The lowest BCUT2D eigenvalue weighted by atomic mass is 9.98. The highest BCUT2D eigenvalue weighted by atomic mass is 32.2. The van der Waals surface area contributed by atoms with Crippen molar-refractivity contribution in [1.82, 2.24) is 19.7 Å². The predicted molar refractivity (Wildman–Crippen MR) is 111 cm³/mol. The summed E-state index contributed by atoms with van der Waals surface area (Å²) in [5.41, 5.74) is 1.82. The van der Waals surface area contributed by atoms with Gasteiger partial charge in [-0.05, 0) is 43.0 Å². The van der Waals surface area contributed by atoms with Crippen LogP contribution in [0.4, 0.5) is 5.82 Å². The Labute approximate surface area is 164 Å². The summed E-state index contributed by atoms with van der Waals surface area (Å²) in [7, 11) is -3.18. The van der Waals surface area contributed by atoms with E-state index in [0.717, 1.165) is 48.2 Å². The standard InChI is InChI=1S/C20H23N5O2S/c1-28(26,27)22-13-15-5-4-12-25(14-15)20-17-6-2-3-7-18(17)23-19(24-20)16-8-10-21-11-9-16/h2-3,6-11,15,22H,4-5,12-14H2,1H3/t15-/m0/s1. The molecule has 8 heteroatoms. The summed E-state index contributed by atoms with van der Waals surface area (Å²) in [6.07, 6.45) is 6.67. The summed E-state index contributed by atoms with van der Waals surface area (Å²) in [6.45, 7) is 2.11. The van der Waals surface area contributed by atoms with E-state index in [4.69, 9.17) is 9.97 Å². The van der Waals surface area contributed by atoms with Gasteiger partial charge in [-0.25, -0.2) is 23.1 Å². The smallest absolute Gasteiger partial charge is 0.208 e. The van der Waals surface area contributed by atoms with Crippen LogP contribution in [0.2, 0.25) is 0 Å². The Morgan fingerprint density at radius 1 is 1.14 bits per heavy atom. The summed E-state index contributed by atoms with van der Waals surface area (Å²) in [5.74, 6) is 1.83. The van der Waals surface area contributed by atoms with Gasteiger partial charge in [0.2, 0.25) is 10.0 Å². The van der Waals surface area contributed by atoms with Crippen LogP contribution in [0.1, 0.15) is 12.8 Å². The predicted octanol–water partition coefficient (Wildman–Crippen LogP) is 2.46. The summed E-state index contributed by atoms with van der Waals surface area (Å²) in [6, 6.07) is 11.8. The number of hydrogen-bond donors (Lipinski definition) is 1. The molecule has 3 heterocycles. The fourth-order valence-electron chi connectivity index (χ4n) is 3.62. The molecule has 4 rings (SSSR count). The lowest BCUT2D eigenvalue weighted by Gasteiger charge is -2.34. The SMILES string of the molecule is CS(=O)(=O)NC[C@@H]1CCCN(c2nc(-c3ccncc3)nc3ccccc23)C1. The number of nitrogens with zero attached hydrogens (tertiary/aromatic N) is 4. The molecule has 1 aliphatic rings. The average Bonchev–Trinajstić information content (AvgIpc) is 2.72. The molecule has 1 aliphatic heterocycles. The average molecular weight is 398 g/mol. The van der Waals surface area contributed by atoms with Crippen LogP contribution >= 0.6 is 0 Å². The number of rotatable bonds is 5. The highest BCUT2D eigenvalue weighted by Crippen LogP contribution is 2.30. The van der Waals surface area contributed by atoms with Crippen molar-refractivity contribution in [1.29, 1.82) is 0 Å². The number of hydrogen-bond acceptors (Lipinski definition) is 6. The van der Waals surface area contributed by atoms with E-state index in [0.29, 0.717) is 12.4 Å². The van der Waals surface area contributed by atoms with E-state index in [1.54, 1.807) is 12.4 Å². The Morgan fingerprint density at radius 3 is 2.71 bits per heavy atom. The van der Waals surface area contributed by atoms with Gasteiger partial charge in [0.1, 0.15) is 5.82 Å². The molecule has 146 valence electrons. The number of benzene rings is 1. The van der Waals surface area contributed by atoms with Gasteiger partial charge in [0, 0.05) is 43.0 Å². The molecule has 0 amide bonds. The lowest BCUT2D eigenvalue weighted by Crippen LogP contribution is -2.41. The zero-order valence-electron chi connectivity index (χ0n) is 15.7. The maximum atomic E-state index is 11.5. The van der Waals surface area contributed by atoms with Crippen LogP contribution in [0.5, 0.6) is 0 Å².